The van der Waals surface area contributed by atoms with Gasteiger partial charge >= 0.3 is 49.4 Å². The number of pyridine rings is 1. The predicted octanol–water partition coefficient (Wildman–Crippen LogP) is 15.0. The van der Waals surface area contributed by atoms with Crippen LogP contribution in [0.5, 0.6) is 0 Å². The molecule has 0 aliphatic heterocycles. The summed E-state index contributed by atoms with van der Waals surface area (Å²) in [5.74, 6) is -0.164. The molecule has 1 heterocycles. The van der Waals surface area contributed by atoms with Crippen molar-refractivity contribution in [3.63, 3.8) is 0 Å². The van der Waals surface area contributed by atoms with Crippen LogP contribution < -0.4 is 26.4 Å². The molecule has 0 bridgehead atoms. The molecule has 0 unspecified atom stereocenters. The first kappa shape index (κ1) is 63.1. The second-order valence-corrected chi connectivity index (χ2v) is 17.8. The van der Waals surface area contributed by atoms with Crippen LogP contribution in [-0.4, -0.2) is 17.7 Å². The molecule has 0 aliphatic carbocycles. The van der Waals surface area contributed by atoms with Gasteiger partial charge in [0.1, 0.15) is 6.15 Å². The zero-order valence-electron chi connectivity index (χ0n) is 40.3. The summed E-state index contributed by atoms with van der Waals surface area (Å²) in [5, 5.41) is 0. The van der Waals surface area contributed by atoms with Gasteiger partial charge in [0, 0.05) is 17.7 Å². The lowest BCUT2D eigenvalue weighted by atomic mass is 9.12. The van der Waals surface area contributed by atoms with E-state index in [1.54, 1.807) is 41.1 Å². The predicted molar refractivity (Wildman–Crippen MR) is 247 cm³/mol. The molecule has 3 nitrogen and oxygen atoms in total. The number of nitrogens with zero attached hydrogens (tertiary/aromatic N) is 1. The Hall–Kier alpha value is -8.07. The Balaban J connectivity index is 0.000000357. The van der Waals surface area contributed by atoms with Crippen molar-refractivity contribution in [1.82, 2.24) is 0 Å². The van der Waals surface area contributed by atoms with E-state index in [1.165, 1.54) is 6.08 Å². The molecule has 28 heteroatoms. The number of carbonyl (C=O) groups excluding carboxylic acids is 2. The third kappa shape index (κ3) is 14.9. The van der Waals surface area contributed by atoms with Crippen molar-refractivity contribution in [2.75, 3.05) is 0 Å². The van der Waals surface area contributed by atoms with Crippen molar-refractivity contribution in [2.24, 2.45) is 0 Å². The molecule has 0 N–H and O–H groups in total. The van der Waals surface area contributed by atoms with Gasteiger partial charge < -0.3 is 0 Å². The topological polar surface area (TPSA) is 38.0 Å². The third-order valence-electron chi connectivity index (χ3n) is 12.3. The molecule has 7 aromatic rings. The van der Waals surface area contributed by atoms with E-state index < -0.39 is 195 Å². The monoisotopic (exact) mass is 1190 g/mol. The number of hydrogen-bond acceptors (Lipinski definition) is 2. The van der Waals surface area contributed by atoms with Gasteiger partial charge in [0.2, 0.25) is 18.1 Å². The molecule has 0 aliphatic rings. The fourth-order valence-electron chi connectivity index (χ4n) is 8.60. The van der Waals surface area contributed by atoms with Crippen LogP contribution in [-0.2, 0) is 56.0 Å². The smallest absolute Gasteiger partial charge is 0.287 e. The molecular weight excluding hydrogens is 1160 g/mol. The van der Waals surface area contributed by atoms with Crippen LogP contribution in [0.3, 0.4) is 0 Å². The number of aromatic nitrogens is 1. The molecule has 7 rings (SSSR count). The Bertz CT molecular complexity index is 3040. The van der Waals surface area contributed by atoms with E-state index >= 15 is 0 Å². The number of hydrogen-bond donors (Lipinski definition) is 0. The Kier molecular flexibility index (Phi) is 17.5. The lowest BCUT2D eigenvalue weighted by Crippen LogP contribution is -2.75. The van der Waals surface area contributed by atoms with Crippen LogP contribution >= 0.6 is 0 Å². The lowest BCUT2D eigenvalue weighted by Gasteiger charge is -2.46. The number of ketones is 2. The molecule has 82 heavy (non-hydrogen) atoms. The van der Waals surface area contributed by atoms with Gasteiger partial charge in [-0.3, -0.25) is 9.59 Å². The quantitative estimate of drug-likeness (QED) is 0.0450. The maximum atomic E-state index is 14.2. The van der Waals surface area contributed by atoms with E-state index in [2.05, 4.69) is 0 Å². The molecule has 0 saturated heterocycles. The zero-order valence-corrected chi connectivity index (χ0v) is 40.3. The van der Waals surface area contributed by atoms with Crippen LogP contribution in [0.15, 0.2) is 164 Å². The Morgan fingerprint density at radius 1 is 0.354 bits per heavy atom. The van der Waals surface area contributed by atoms with Crippen LogP contribution in [0.1, 0.15) is 70.9 Å². The van der Waals surface area contributed by atoms with E-state index in [1.807, 2.05) is 54.6 Å². The third-order valence-corrected chi connectivity index (χ3v) is 12.3. The van der Waals surface area contributed by atoms with E-state index in [-0.39, 0.29) is 18.1 Å². The summed E-state index contributed by atoms with van der Waals surface area (Å²) in [6.45, 7) is 0.130. The van der Waals surface area contributed by atoms with Crippen LogP contribution in [0.25, 0.3) is 6.08 Å². The first-order valence-electron chi connectivity index (χ1n) is 22.7. The average molecular weight is 1190 g/mol. The number of rotatable bonds is 10. The van der Waals surface area contributed by atoms with Crippen molar-refractivity contribution in [2.45, 2.75) is 56.0 Å². The molecule has 0 radical (unpaired) electrons. The molecule has 0 amide bonds. The number of benzene rings is 6. The van der Waals surface area contributed by atoms with Gasteiger partial charge in [-0.25, -0.2) is 0 Å². The Labute approximate surface area is 445 Å². The second-order valence-electron chi connectivity index (χ2n) is 17.8. The van der Waals surface area contributed by atoms with Gasteiger partial charge in [-0.1, -0.05) is 115 Å². The molecule has 0 saturated carbocycles. The highest BCUT2D eigenvalue weighted by Crippen LogP contribution is 2.41. The van der Waals surface area contributed by atoms with Gasteiger partial charge in [0.15, 0.2) is 6.20 Å². The fraction of sp³-hybridized carbons (Fsp3) is 0.167. The number of allylic oxidation sites excluding steroid dienone is 1. The highest BCUT2D eigenvalue weighted by molar-refractivity contribution is 7.20. The average Bonchev–Trinajstić information content (AvgIpc) is 3.54. The molecule has 434 valence electrons. The van der Waals surface area contributed by atoms with Gasteiger partial charge in [-0.05, 0) is 42.0 Å². The Morgan fingerprint density at radius 2 is 0.622 bits per heavy atom. The lowest BCUT2D eigenvalue weighted by molar-refractivity contribution is -0.684. The second kappa shape index (κ2) is 22.7. The summed E-state index contributed by atoms with van der Waals surface area (Å²) < 4.78 is 343. The fourth-order valence-corrected chi connectivity index (χ4v) is 8.60. The van der Waals surface area contributed by atoms with Crippen molar-refractivity contribution in [3.8, 4) is 0 Å². The summed E-state index contributed by atoms with van der Waals surface area (Å²) >= 11 is 0. The van der Waals surface area contributed by atoms with Crippen LogP contribution in [0.4, 0.5) is 105 Å². The van der Waals surface area contributed by atoms with Crippen LogP contribution in [0, 0.1) is 0 Å². The minimum atomic E-state index is -6.13. The van der Waals surface area contributed by atoms with E-state index in [0.717, 1.165) is 5.56 Å². The summed E-state index contributed by atoms with van der Waals surface area (Å²) in [7, 11) is 0. The Morgan fingerprint density at radius 3 is 0.902 bits per heavy atom. The van der Waals surface area contributed by atoms with Gasteiger partial charge in [0.25, 0.3) is 5.69 Å². The van der Waals surface area contributed by atoms with Crippen molar-refractivity contribution >= 4 is 45.6 Å². The largest absolute Gasteiger partial charge is 0.416 e. The summed E-state index contributed by atoms with van der Waals surface area (Å²) in [6, 6.07) is 15.3. The van der Waals surface area contributed by atoms with Crippen molar-refractivity contribution in [3.05, 3.63) is 225 Å². The molecular formula is C54H30BF24NO2. The van der Waals surface area contributed by atoms with Crippen molar-refractivity contribution < 1.29 is 120 Å². The van der Waals surface area contributed by atoms with E-state index in [0.29, 0.717) is 11.3 Å². The molecule has 0 fully saturated rings. The van der Waals surface area contributed by atoms with E-state index in [4.69, 9.17) is 0 Å². The molecule has 1 aromatic heterocycles. The molecule has 0 atom stereocenters. The maximum Gasteiger partial charge on any atom is 0.416 e. The number of halogens is 24. The van der Waals surface area contributed by atoms with Crippen molar-refractivity contribution in [1.29, 1.82) is 0 Å². The maximum absolute atomic E-state index is 14.2. The first-order valence-corrected chi connectivity index (χ1v) is 22.7. The molecule has 6 aromatic carbocycles. The summed E-state index contributed by atoms with van der Waals surface area (Å²) in [5.41, 5.74) is -28.1. The van der Waals surface area contributed by atoms with E-state index in [9.17, 15) is 115 Å². The van der Waals surface area contributed by atoms with Crippen LogP contribution in [0.2, 0.25) is 0 Å². The van der Waals surface area contributed by atoms with Gasteiger partial charge in [-0.15, -0.1) is 0 Å². The normalized spacial score (nSPS) is 13.2. The van der Waals surface area contributed by atoms with Gasteiger partial charge in [-0.2, -0.15) is 132 Å². The minimum absolute atomic E-state index is 0.0297. The number of carbonyl (C=O) groups is 2. The summed E-state index contributed by atoms with van der Waals surface area (Å²) in [6.07, 6.45) is -49.7. The number of Topliss-reactive ketones (excluding diaryl/α,β-unsaturated/α-hetero) is 1. The SMILES string of the molecule is FC(F)(F)c1cc([B-](c2cc(C(F)(F)F)cc(C(F)(F)F)c2)(c2cc(C(F)(F)F)cc(C(F)(F)F)c2)c2cc(C(F)(F)F)cc(C(F)(F)F)c2)cc(C(F)(F)F)c1.O=C(C[n+]1ccccc1C(=O)C=Cc1ccccc1)c1ccccc1. The summed E-state index contributed by atoms with van der Waals surface area (Å²) in [4.78, 5) is 25.0. The minimum Gasteiger partial charge on any atom is -0.287 e. The zero-order chi connectivity index (χ0) is 61.4. The van der Waals surface area contributed by atoms with Gasteiger partial charge in [0.05, 0.1) is 44.5 Å². The molecule has 0 spiro atoms. The standard InChI is InChI=1S/C32H12BF24.C22H18NO2/c34-25(35,36)13-1-14(26(37,38)39)6-21(5-13)33(22-7-15(27(40,41)42)2-16(8-22)28(43,44)45,23-9-17(29(46,47)48)3-18(10-23)30(49,50)51)24-11-19(31(52,53)54)4-20(12-24)32(55,56)57;24-21(15-14-18-9-3-1-4-10-18)20-13-7-8-16-23(20)17-22(25)19-11-5-2-6-12-19/h1-12H;1-16H,17H2/q-1;+1. The first-order chi connectivity index (χ1) is 37.5. The number of alkyl halides is 24. The highest BCUT2D eigenvalue weighted by atomic mass is 19.4. The highest BCUT2D eigenvalue weighted by Gasteiger charge is 2.47.